The maximum Gasteiger partial charge on any atom is 0.313 e. The van der Waals surface area contributed by atoms with Crippen LogP contribution in [0, 0.1) is 17.8 Å². The van der Waals surface area contributed by atoms with Crippen LogP contribution in [0.15, 0.2) is 79.9 Å². The molecule has 3 aliphatic heterocycles. The Hall–Kier alpha value is -4.03. The lowest BCUT2D eigenvalue weighted by molar-refractivity contribution is -0.163. The number of ether oxygens (including phenoxy) is 3. The zero-order valence-corrected chi connectivity index (χ0v) is 30.2. The van der Waals surface area contributed by atoms with Gasteiger partial charge in [-0.25, -0.2) is 0 Å². The first-order chi connectivity index (χ1) is 24.5. The summed E-state index contributed by atoms with van der Waals surface area (Å²) in [6, 6.07) is 13.2. The molecule has 2 aromatic rings. The molecule has 3 amide bonds. The van der Waals surface area contributed by atoms with E-state index in [1.807, 2.05) is 19.9 Å². The summed E-state index contributed by atoms with van der Waals surface area (Å²) in [6.45, 7) is 11.1. The number of hydrogen-bond acceptors (Lipinski definition) is 8. The predicted octanol–water partition coefficient (Wildman–Crippen LogP) is 4.63. The van der Waals surface area contributed by atoms with E-state index in [0.717, 1.165) is 0 Å². The fraction of sp³-hybridized carbons (Fsp3) is 0.487. The third kappa shape index (κ3) is 7.48. The number of aliphatic hydroxyl groups excluding tert-OH is 1. The molecule has 0 aromatic heterocycles. The third-order valence-electron chi connectivity index (χ3n) is 10.3. The summed E-state index contributed by atoms with van der Waals surface area (Å²) in [7, 11) is 1.50. The normalized spacial score (nSPS) is 25.2. The summed E-state index contributed by atoms with van der Waals surface area (Å²) in [5.41, 5.74) is -0.162. The van der Waals surface area contributed by atoms with E-state index < -0.39 is 72.2 Å². The van der Waals surface area contributed by atoms with Crippen molar-refractivity contribution in [2.24, 2.45) is 17.8 Å². The number of carbonyl (C=O) groups excluding carboxylic acids is 4. The second-order valence-electron chi connectivity index (χ2n) is 13.7. The molecule has 2 aromatic carbocycles. The van der Waals surface area contributed by atoms with Crippen LogP contribution in [0.25, 0.3) is 0 Å². The zero-order valence-electron chi connectivity index (χ0n) is 29.4. The summed E-state index contributed by atoms with van der Waals surface area (Å²) >= 11 is 6.16. The molecule has 0 radical (unpaired) electrons. The molecule has 5 rings (SSSR count). The molecule has 0 unspecified atom stereocenters. The van der Waals surface area contributed by atoms with Crippen molar-refractivity contribution in [3.63, 3.8) is 0 Å². The van der Waals surface area contributed by atoms with Crippen molar-refractivity contribution in [2.75, 3.05) is 31.8 Å². The number of rotatable bonds is 17. The number of anilines is 1. The van der Waals surface area contributed by atoms with Gasteiger partial charge in [0.25, 0.3) is 5.91 Å². The van der Waals surface area contributed by atoms with E-state index in [1.165, 1.54) is 16.9 Å². The number of nitrogens with zero attached hydrogens (tertiary/aromatic N) is 2. The van der Waals surface area contributed by atoms with Gasteiger partial charge in [0.15, 0.2) is 0 Å². The number of allylic oxidation sites excluding steroid dienone is 1. The van der Waals surface area contributed by atoms with E-state index >= 15 is 0 Å². The van der Waals surface area contributed by atoms with Crippen LogP contribution >= 0.6 is 11.6 Å². The highest BCUT2D eigenvalue weighted by Gasteiger charge is 2.76. The maximum absolute atomic E-state index is 14.8. The summed E-state index contributed by atoms with van der Waals surface area (Å²) < 4.78 is 18.4. The van der Waals surface area contributed by atoms with Crippen LogP contribution in [-0.4, -0.2) is 90.4 Å². The van der Waals surface area contributed by atoms with E-state index in [-0.39, 0.29) is 31.4 Å². The Morgan fingerprint density at radius 3 is 2.45 bits per heavy atom. The van der Waals surface area contributed by atoms with Gasteiger partial charge in [-0.3, -0.25) is 19.2 Å². The molecule has 12 heteroatoms. The molecule has 0 aliphatic carbocycles. The highest BCUT2D eigenvalue weighted by molar-refractivity contribution is 6.30. The first-order valence-corrected chi connectivity index (χ1v) is 17.8. The fourth-order valence-corrected chi connectivity index (χ4v) is 8.09. The van der Waals surface area contributed by atoms with Gasteiger partial charge < -0.3 is 34.4 Å². The minimum Gasteiger partial charge on any atom is -0.455 e. The lowest BCUT2D eigenvalue weighted by Gasteiger charge is -2.40. The van der Waals surface area contributed by atoms with E-state index in [9.17, 15) is 24.3 Å². The standard InChI is InChI=1S/C39H48ClN3O8/c1-6-8-14-31(45)41-28(23-49-5)34(25-12-10-9-11-13-25)50-38(48)32-30-19-20-39(51-30)33(32)36(46)43(29(22-44)24(3)4)35(39)37(47)42(21-7-2)27-17-15-26(40)16-18-27/h6-7,9-13,15-18,24,28-30,32-35,44H,1-2,8,14,19-23H2,3-5H3,(H,41,45)/t28-,29-,30-,32+,33+,34-,35-,39+/m0/s1. The second kappa shape index (κ2) is 16.5. The quantitative estimate of drug-likeness (QED) is 0.179. The molecule has 8 atom stereocenters. The average Bonchev–Trinajstić information content (AvgIpc) is 3.77. The fourth-order valence-electron chi connectivity index (χ4n) is 7.96. The summed E-state index contributed by atoms with van der Waals surface area (Å²) in [5, 5.41) is 14.1. The Morgan fingerprint density at radius 1 is 1.14 bits per heavy atom. The number of methoxy groups -OCH3 is 1. The highest BCUT2D eigenvalue weighted by Crippen LogP contribution is 2.59. The van der Waals surface area contributed by atoms with Gasteiger partial charge in [0.1, 0.15) is 17.7 Å². The molecule has 1 spiro atoms. The number of amides is 3. The number of fused-ring (bicyclic) bond motifs is 1. The molecule has 2 bridgehead atoms. The van der Waals surface area contributed by atoms with E-state index in [4.69, 9.17) is 25.8 Å². The van der Waals surface area contributed by atoms with Gasteiger partial charge in [-0.05, 0) is 55.0 Å². The first kappa shape index (κ1) is 38.2. The van der Waals surface area contributed by atoms with Gasteiger partial charge >= 0.3 is 5.97 Å². The van der Waals surface area contributed by atoms with Gasteiger partial charge in [-0.15, -0.1) is 13.2 Å². The molecular formula is C39H48ClN3O8. The lowest BCUT2D eigenvalue weighted by Crippen LogP contribution is -2.59. The van der Waals surface area contributed by atoms with E-state index in [2.05, 4.69) is 18.5 Å². The topological polar surface area (TPSA) is 135 Å². The zero-order chi connectivity index (χ0) is 36.9. The van der Waals surface area contributed by atoms with E-state index in [0.29, 0.717) is 35.5 Å². The Labute approximate surface area is 304 Å². The Balaban J connectivity index is 1.53. The van der Waals surface area contributed by atoms with Gasteiger partial charge in [0.2, 0.25) is 11.8 Å². The van der Waals surface area contributed by atoms with Crippen molar-refractivity contribution in [1.82, 2.24) is 10.2 Å². The van der Waals surface area contributed by atoms with Crippen molar-refractivity contribution in [3.05, 3.63) is 90.5 Å². The molecule has 3 fully saturated rings. The third-order valence-corrected chi connectivity index (χ3v) is 10.5. The number of benzene rings is 2. The van der Waals surface area contributed by atoms with Crippen molar-refractivity contribution in [3.8, 4) is 0 Å². The van der Waals surface area contributed by atoms with Gasteiger partial charge in [0, 0.05) is 30.8 Å². The van der Waals surface area contributed by atoms with Crippen LogP contribution in [0.3, 0.4) is 0 Å². The van der Waals surface area contributed by atoms with Crippen LogP contribution in [0.2, 0.25) is 5.02 Å². The van der Waals surface area contributed by atoms with Crippen LogP contribution in [-0.2, 0) is 33.4 Å². The van der Waals surface area contributed by atoms with Crippen LogP contribution < -0.4 is 10.2 Å². The summed E-state index contributed by atoms with van der Waals surface area (Å²) in [5.74, 6) is -4.08. The predicted molar refractivity (Wildman–Crippen MR) is 193 cm³/mol. The SMILES string of the molecule is C=CCCC(=O)N[C@@H](COC)[C@@H](OC(=O)[C@@H]1[C@@H]2CC[C@]3(O2)[C@H](C(=O)N(CC=C)c2ccc(Cl)cc2)N([C@@H](CO)C(C)C)C(=O)[C@@H]13)c1ccccc1. The van der Waals surface area contributed by atoms with Crippen LogP contribution in [0.1, 0.15) is 51.2 Å². The molecule has 3 aliphatic rings. The largest absolute Gasteiger partial charge is 0.455 e. The monoisotopic (exact) mass is 721 g/mol. The Morgan fingerprint density at radius 2 is 1.84 bits per heavy atom. The van der Waals surface area contributed by atoms with Crippen LogP contribution in [0.4, 0.5) is 5.69 Å². The number of carbonyl (C=O) groups is 4. The number of likely N-dealkylation sites (tertiary alicyclic amines) is 1. The summed E-state index contributed by atoms with van der Waals surface area (Å²) in [4.78, 5) is 59.9. The Bertz CT molecular complexity index is 1590. The molecular weight excluding hydrogens is 674 g/mol. The van der Waals surface area contributed by atoms with Crippen molar-refractivity contribution >= 4 is 41.0 Å². The smallest absolute Gasteiger partial charge is 0.313 e. The Kier molecular flexibility index (Phi) is 12.4. The molecule has 11 nitrogen and oxygen atoms in total. The molecule has 0 saturated carbocycles. The van der Waals surface area contributed by atoms with Gasteiger partial charge in [-0.2, -0.15) is 0 Å². The molecule has 3 saturated heterocycles. The van der Waals surface area contributed by atoms with Crippen LogP contribution in [0.5, 0.6) is 0 Å². The molecule has 274 valence electrons. The second-order valence-corrected chi connectivity index (χ2v) is 14.2. The minimum atomic E-state index is -1.34. The van der Waals surface area contributed by atoms with Crippen molar-refractivity contribution in [2.45, 2.75) is 75.5 Å². The maximum atomic E-state index is 14.8. The average molecular weight is 722 g/mol. The van der Waals surface area contributed by atoms with Crippen molar-refractivity contribution < 1.29 is 38.5 Å². The van der Waals surface area contributed by atoms with Gasteiger partial charge in [-0.1, -0.05) is 67.9 Å². The van der Waals surface area contributed by atoms with E-state index in [1.54, 1.807) is 60.7 Å². The van der Waals surface area contributed by atoms with Gasteiger partial charge in [0.05, 0.1) is 43.2 Å². The summed E-state index contributed by atoms with van der Waals surface area (Å²) in [6.07, 6.45) is 3.05. The number of hydrogen-bond donors (Lipinski definition) is 2. The lowest BCUT2D eigenvalue weighted by atomic mass is 9.70. The first-order valence-electron chi connectivity index (χ1n) is 17.5. The number of aliphatic hydroxyl groups is 1. The number of nitrogens with one attached hydrogen (secondary N) is 1. The van der Waals surface area contributed by atoms with Crippen molar-refractivity contribution in [1.29, 1.82) is 0 Å². The highest BCUT2D eigenvalue weighted by atomic mass is 35.5. The molecule has 3 heterocycles. The minimum absolute atomic E-state index is 0.0460. The number of esters is 1. The molecule has 2 N–H and O–H groups in total. The molecule has 51 heavy (non-hydrogen) atoms. The number of halogens is 1.